The van der Waals surface area contributed by atoms with Crippen molar-refractivity contribution in [3.63, 3.8) is 0 Å². The zero-order chi connectivity index (χ0) is 29.9. The van der Waals surface area contributed by atoms with E-state index in [9.17, 15) is 14.7 Å². The molecule has 3 aromatic carbocycles. The Bertz CT molecular complexity index is 1760. The summed E-state index contributed by atoms with van der Waals surface area (Å²) in [5, 5.41) is 18.9. The van der Waals surface area contributed by atoms with Crippen LogP contribution in [0.25, 0.3) is 22.2 Å². The SMILES string of the molecule is COc1c(NC(=O)O)cc(C(C)(C)C)cc1NC(=O)Nc1ccc(Oc2ccnc(-c3cnco3)c2)c2ccccc12. The number of carboxylic acid groups (broad SMARTS) is 1. The molecule has 0 spiro atoms. The van der Waals surface area contributed by atoms with Gasteiger partial charge in [-0.25, -0.2) is 14.6 Å². The van der Waals surface area contributed by atoms with Crippen LogP contribution in [0.3, 0.4) is 0 Å². The summed E-state index contributed by atoms with van der Waals surface area (Å²) >= 11 is 0. The van der Waals surface area contributed by atoms with E-state index in [1.54, 1.807) is 48.8 Å². The summed E-state index contributed by atoms with van der Waals surface area (Å²) in [6.07, 6.45) is 3.29. The summed E-state index contributed by atoms with van der Waals surface area (Å²) in [5.74, 6) is 1.84. The van der Waals surface area contributed by atoms with E-state index >= 15 is 0 Å². The van der Waals surface area contributed by atoms with Crippen LogP contribution < -0.4 is 25.4 Å². The predicted molar refractivity (Wildman–Crippen MR) is 160 cm³/mol. The average molecular weight is 568 g/mol. The molecule has 0 atom stereocenters. The lowest BCUT2D eigenvalue weighted by Crippen LogP contribution is -2.22. The Labute approximate surface area is 241 Å². The van der Waals surface area contributed by atoms with E-state index in [-0.39, 0.29) is 16.9 Å². The van der Waals surface area contributed by atoms with E-state index in [0.717, 1.165) is 16.3 Å². The Balaban J connectivity index is 1.42. The van der Waals surface area contributed by atoms with Gasteiger partial charge in [-0.15, -0.1) is 0 Å². The third kappa shape index (κ3) is 6.09. The van der Waals surface area contributed by atoms with Crippen LogP contribution in [0, 0.1) is 0 Å². The molecule has 5 rings (SSSR count). The molecular formula is C31H29N5O6. The minimum atomic E-state index is -1.25. The number of fused-ring (bicyclic) bond motifs is 1. The molecule has 11 heteroatoms. The van der Waals surface area contributed by atoms with E-state index in [4.69, 9.17) is 13.9 Å². The number of aromatic nitrogens is 2. The molecule has 0 saturated heterocycles. The number of carbonyl (C=O) groups excluding carboxylic acids is 1. The standard InChI is InChI=1S/C31H29N5O6/c1-31(2,3)18-13-24(28(40-4)25(14-18)36-30(38)39)35-29(37)34-22-9-10-26(21-8-6-5-7-20(21)22)42-19-11-12-33-23(15-19)27-16-32-17-41-27/h5-17,36H,1-4H3,(H,38,39)(H2,34,35,37). The number of hydrogen-bond acceptors (Lipinski definition) is 7. The fourth-order valence-electron chi connectivity index (χ4n) is 4.41. The van der Waals surface area contributed by atoms with Gasteiger partial charge in [0.15, 0.2) is 17.9 Å². The average Bonchev–Trinajstić information content (AvgIpc) is 3.49. The number of ether oxygens (including phenoxy) is 2. The molecule has 0 aliphatic heterocycles. The summed E-state index contributed by atoms with van der Waals surface area (Å²) in [6.45, 7) is 5.96. The Morgan fingerprint density at radius 2 is 1.62 bits per heavy atom. The van der Waals surface area contributed by atoms with E-state index in [1.165, 1.54) is 13.5 Å². The quantitative estimate of drug-likeness (QED) is 0.156. The van der Waals surface area contributed by atoms with Crippen LogP contribution in [0.1, 0.15) is 26.3 Å². The van der Waals surface area contributed by atoms with Gasteiger partial charge in [0, 0.05) is 23.0 Å². The highest BCUT2D eigenvalue weighted by Crippen LogP contribution is 2.39. The second kappa shape index (κ2) is 11.5. The second-order valence-electron chi connectivity index (χ2n) is 10.4. The molecule has 0 unspecified atom stereocenters. The number of rotatable bonds is 7. The van der Waals surface area contributed by atoms with Gasteiger partial charge in [0.2, 0.25) is 0 Å². The highest BCUT2D eigenvalue weighted by Gasteiger charge is 2.22. The van der Waals surface area contributed by atoms with Crippen molar-refractivity contribution < 1.29 is 28.6 Å². The minimum Gasteiger partial charge on any atom is -0.492 e. The lowest BCUT2D eigenvalue weighted by molar-refractivity contribution is 0.209. The van der Waals surface area contributed by atoms with Gasteiger partial charge in [0.25, 0.3) is 0 Å². The number of methoxy groups -OCH3 is 1. The van der Waals surface area contributed by atoms with E-state index in [2.05, 4.69) is 25.9 Å². The lowest BCUT2D eigenvalue weighted by atomic mass is 9.86. The maximum atomic E-state index is 13.2. The first-order valence-electron chi connectivity index (χ1n) is 13.0. The zero-order valence-corrected chi connectivity index (χ0v) is 23.4. The summed E-state index contributed by atoms with van der Waals surface area (Å²) in [7, 11) is 1.41. The molecule has 42 heavy (non-hydrogen) atoms. The van der Waals surface area contributed by atoms with Crippen molar-refractivity contribution in [2.75, 3.05) is 23.1 Å². The lowest BCUT2D eigenvalue weighted by Gasteiger charge is -2.23. The van der Waals surface area contributed by atoms with Crippen molar-refractivity contribution in [2.24, 2.45) is 0 Å². The molecule has 0 saturated carbocycles. The van der Waals surface area contributed by atoms with E-state index in [0.29, 0.717) is 34.3 Å². The molecule has 2 aromatic heterocycles. The van der Waals surface area contributed by atoms with Crippen molar-refractivity contribution in [1.82, 2.24) is 9.97 Å². The predicted octanol–water partition coefficient (Wildman–Crippen LogP) is 7.72. The van der Waals surface area contributed by atoms with Crippen molar-refractivity contribution in [3.05, 3.63) is 85.0 Å². The molecule has 5 aromatic rings. The number of anilines is 3. The molecule has 4 N–H and O–H groups in total. The smallest absolute Gasteiger partial charge is 0.409 e. The molecule has 0 aliphatic carbocycles. The summed E-state index contributed by atoms with van der Waals surface area (Å²) in [4.78, 5) is 32.9. The van der Waals surface area contributed by atoms with Gasteiger partial charge in [-0.2, -0.15) is 0 Å². The maximum Gasteiger partial charge on any atom is 0.409 e. The number of oxazole rings is 1. The van der Waals surface area contributed by atoms with Gasteiger partial charge >= 0.3 is 12.1 Å². The third-order valence-corrected chi connectivity index (χ3v) is 6.43. The molecule has 0 bridgehead atoms. The topological polar surface area (TPSA) is 148 Å². The number of amides is 3. The number of hydrogen-bond donors (Lipinski definition) is 4. The monoisotopic (exact) mass is 567 g/mol. The van der Waals surface area contributed by atoms with Crippen LogP contribution in [0.15, 0.2) is 83.9 Å². The van der Waals surface area contributed by atoms with Crippen molar-refractivity contribution >= 4 is 40.0 Å². The first-order chi connectivity index (χ1) is 20.1. The van der Waals surface area contributed by atoms with Gasteiger partial charge < -0.3 is 29.6 Å². The molecule has 11 nitrogen and oxygen atoms in total. The number of benzene rings is 3. The number of nitrogens with zero attached hydrogens (tertiary/aromatic N) is 2. The van der Waals surface area contributed by atoms with Gasteiger partial charge in [-0.1, -0.05) is 45.0 Å². The molecule has 0 aliphatic rings. The largest absolute Gasteiger partial charge is 0.492 e. The van der Waals surface area contributed by atoms with Crippen molar-refractivity contribution in [1.29, 1.82) is 0 Å². The van der Waals surface area contributed by atoms with Crippen LogP contribution in [0.2, 0.25) is 0 Å². The maximum absolute atomic E-state index is 13.2. The number of nitrogens with one attached hydrogen (secondary N) is 3. The van der Waals surface area contributed by atoms with Crippen molar-refractivity contribution in [3.8, 4) is 28.7 Å². The van der Waals surface area contributed by atoms with Crippen LogP contribution in [0.4, 0.5) is 26.7 Å². The Kier molecular flexibility index (Phi) is 7.65. The van der Waals surface area contributed by atoms with Crippen LogP contribution in [-0.4, -0.2) is 34.3 Å². The van der Waals surface area contributed by atoms with Gasteiger partial charge in [0.05, 0.1) is 30.4 Å². The summed E-state index contributed by atoms with van der Waals surface area (Å²) < 4.78 is 17.0. The number of pyridine rings is 1. The van der Waals surface area contributed by atoms with E-state index in [1.807, 2.05) is 45.0 Å². The molecule has 0 radical (unpaired) electrons. The first kappa shape index (κ1) is 28.0. The molecule has 3 amide bonds. The fourth-order valence-corrected chi connectivity index (χ4v) is 4.41. The van der Waals surface area contributed by atoms with Gasteiger partial charge in [0.1, 0.15) is 17.2 Å². The van der Waals surface area contributed by atoms with Crippen LogP contribution >= 0.6 is 0 Å². The summed E-state index contributed by atoms with van der Waals surface area (Å²) in [6, 6.07) is 17.4. The fraction of sp³-hybridized carbons (Fsp3) is 0.161. The zero-order valence-electron chi connectivity index (χ0n) is 23.4. The highest BCUT2D eigenvalue weighted by molar-refractivity contribution is 6.08. The molecule has 2 heterocycles. The molecule has 0 fully saturated rings. The number of urea groups is 1. The second-order valence-corrected chi connectivity index (χ2v) is 10.4. The van der Waals surface area contributed by atoms with Crippen LogP contribution in [0.5, 0.6) is 17.2 Å². The summed E-state index contributed by atoms with van der Waals surface area (Å²) in [5.41, 5.74) is 2.14. The molecular weight excluding hydrogens is 538 g/mol. The van der Waals surface area contributed by atoms with Crippen molar-refractivity contribution in [2.45, 2.75) is 26.2 Å². The normalized spacial score (nSPS) is 11.1. The first-order valence-corrected chi connectivity index (χ1v) is 13.0. The van der Waals surface area contributed by atoms with Crippen LogP contribution in [-0.2, 0) is 5.41 Å². The molecule has 214 valence electrons. The Morgan fingerprint density at radius 1 is 0.905 bits per heavy atom. The Morgan fingerprint density at radius 3 is 2.29 bits per heavy atom. The van der Waals surface area contributed by atoms with Gasteiger partial charge in [-0.05, 0) is 41.3 Å². The highest BCUT2D eigenvalue weighted by atomic mass is 16.5. The third-order valence-electron chi connectivity index (χ3n) is 6.43. The van der Waals surface area contributed by atoms with Gasteiger partial charge in [-0.3, -0.25) is 10.3 Å². The Hall–Kier alpha value is -5.58. The number of carbonyl (C=O) groups is 2. The van der Waals surface area contributed by atoms with E-state index < -0.39 is 12.1 Å². The minimum absolute atomic E-state index is 0.191.